The minimum atomic E-state index is -4.18. The molecule has 0 rings (SSSR count). The Morgan fingerprint density at radius 1 is 1.14 bits per heavy atom. The number of rotatable bonds is 12. The lowest BCUT2D eigenvalue weighted by molar-refractivity contribution is -0.145. The van der Waals surface area contributed by atoms with E-state index in [1.807, 2.05) is 6.55 Å². The van der Waals surface area contributed by atoms with Crippen LogP contribution in [-0.4, -0.2) is 58.6 Å². The molecule has 10 heteroatoms. The zero-order valence-corrected chi connectivity index (χ0v) is 17.2. The summed E-state index contributed by atoms with van der Waals surface area (Å²) in [5.41, 5.74) is 0. The molecule has 0 aromatic heterocycles. The fourth-order valence-electron chi connectivity index (χ4n) is 2.15. The molecule has 0 saturated carbocycles. The molecule has 0 bridgehead atoms. The summed E-state index contributed by atoms with van der Waals surface area (Å²) in [4.78, 5) is 0. The fraction of sp³-hybridized carbons (Fsp3) is 1.00. The third kappa shape index (κ3) is 10.1. The molecule has 0 aromatic carbocycles. The molecule has 0 heterocycles. The molecule has 0 fully saturated rings. The molecular formula is C12H28F4O3Si3. The number of hydrogen-bond acceptors (Lipinski definition) is 3. The smallest absolute Gasteiger partial charge is 0.391 e. The first-order valence-electron chi connectivity index (χ1n) is 7.55. The van der Waals surface area contributed by atoms with Gasteiger partial charge in [0, 0.05) is 13.7 Å². The van der Waals surface area contributed by atoms with Crippen LogP contribution in [0.1, 0.15) is 12.8 Å². The molecule has 2 atom stereocenters. The zero-order valence-electron chi connectivity index (χ0n) is 13.8. The topological polar surface area (TPSA) is 27.7 Å². The second kappa shape index (κ2) is 10.9. The molecule has 0 aliphatic carbocycles. The minimum absolute atomic E-state index is 0.276. The number of alkyl halides is 4. The Kier molecular flexibility index (Phi) is 11.0. The van der Waals surface area contributed by atoms with E-state index in [4.69, 9.17) is 13.3 Å². The van der Waals surface area contributed by atoms with Crippen molar-refractivity contribution < 1.29 is 30.8 Å². The van der Waals surface area contributed by atoms with Gasteiger partial charge in [0.25, 0.3) is 0 Å². The first-order valence-corrected chi connectivity index (χ1v) is 16.0. The Balaban J connectivity index is 4.24. The zero-order chi connectivity index (χ0) is 17.2. The van der Waals surface area contributed by atoms with Gasteiger partial charge in [0.05, 0.1) is 19.7 Å². The van der Waals surface area contributed by atoms with Crippen LogP contribution in [0.5, 0.6) is 0 Å². The summed E-state index contributed by atoms with van der Waals surface area (Å²) in [5.74, 6) is 0. The first-order chi connectivity index (χ1) is 10.1. The normalized spacial score (nSPS) is 16.8. The van der Waals surface area contributed by atoms with Crippen LogP contribution in [0, 0.1) is 0 Å². The lowest BCUT2D eigenvalue weighted by Crippen LogP contribution is -2.54. The standard InChI is InChI=1S/C12H28F4O3Si3/c1-17-22(4,21(10-7-13)19-20(2)3)11-5-8-18-9-6-12(14,15)16/h20-21H,5-11H2,1-4H3. The molecule has 0 aliphatic rings. The van der Waals surface area contributed by atoms with Gasteiger partial charge in [0.2, 0.25) is 7.83 Å². The third-order valence-corrected chi connectivity index (χ3v) is 19.1. The molecule has 0 N–H and O–H groups in total. The van der Waals surface area contributed by atoms with Gasteiger partial charge < -0.3 is 13.3 Å². The molecule has 0 saturated heterocycles. The molecule has 22 heavy (non-hydrogen) atoms. The van der Waals surface area contributed by atoms with Crippen LogP contribution < -0.4 is 0 Å². The predicted octanol–water partition coefficient (Wildman–Crippen LogP) is 3.34. The van der Waals surface area contributed by atoms with Crippen molar-refractivity contribution in [2.75, 3.05) is 27.0 Å². The van der Waals surface area contributed by atoms with E-state index in [-0.39, 0.29) is 13.2 Å². The van der Waals surface area contributed by atoms with Crippen molar-refractivity contribution in [3.05, 3.63) is 0 Å². The van der Waals surface area contributed by atoms with Crippen LogP contribution in [0.2, 0.25) is 31.7 Å². The average Bonchev–Trinajstić information content (AvgIpc) is 2.40. The SMILES string of the molecule is CO[Si](C)(CCCOCCC(F)(F)F)[SiH](CCF)O[SiH](C)C. The van der Waals surface area contributed by atoms with Gasteiger partial charge >= 0.3 is 6.18 Å². The van der Waals surface area contributed by atoms with E-state index < -0.39 is 44.7 Å². The van der Waals surface area contributed by atoms with Crippen molar-refractivity contribution in [2.24, 2.45) is 0 Å². The van der Waals surface area contributed by atoms with Crippen LogP contribution in [0.3, 0.4) is 0 Å². The number of halogens is 4. The van der Waals surface area contributed by atoms with Gasteiger partial charge in [-0.15, -0.1) is 0 Å². The highest BCUT2D eigenvalue weighted by Crippen LogP contribution is 2.22. The third-order valence-electron chi connectivity index (χ3n) is 3.45. The van der Waals surface area contributed by atoms with E-state index in [0.29, 0.717) is 12.5 Å². The maximum Gasteiger partial charge on any atom is 0.391 e. The Morgan fingerprint density at radius 2 is 1.77 bits per heavy atom. The van der Waals surface area contributed by atoms with E-state index in [2.05, 4.69) is 13.1 Å². The Morgan fingerprint density at radius 3 is 2.23 bits per heavy atom. The Hall–Kier alpha value is 0.251. The maximum absolute atomic E-state index is 12.8. The molecular weight excluding hydrogens is 352 g/mol. The summed E-state index contributed by atoms with van der Waals surface area (Å²) in [6.45, 7) is 5.73. The summed E-state index contributed by atoms with van der Waals surface area (Å²) in [5, 5.41) is 0. The second-order valence-corrected chi connectivity index (χ2v) is 19.6. The van der Waals surface area contributed by atoms with Gasteiger partial charge in [0.15, 0.2) is 17.6 Å². The summed E-state index contributed by atoms with van der Waals surface area (Å²) >= 11 is 0. The summed E-state index contributed by atoms with van der Waals surface area (Å²) in [7, 11) is -3.48. The molecule has 0 aliphatic heterocycles. The average molecular weight is 381 g/mol. The largest absolute Gasteiger partial charge is 0.460 e. The van der Waals surface area contributed by atoms with E-state index in [0.717, 1.165) is 6.04 Å². The van der Waals surface area contributed by atoms with Gasteiger partial charge in [-0.05, 0) is 38.2 Å². The molecule has 134 valence electrons. The van der Waals surface area contributed by atoms with Crippen molar-refractivity contribution in [1.82, 2.24) is 0 Å². The van der Waals surface area contributed by atoms with Crippen LogP contribution in [0.15, 0.2) is 0 Å². The van der Waals surface area contributed by atoms with E-state index in [1.165, 1.54) is 0 Å². The number of hydrogen-bond donors (Lipinski definition) is 0. The van der Waals surface area contributed by atoms with Crippen LogP contribution in [-0.2, 0) is 13.3 Å². The van der Waals surface area contributed by atoms with E-state index in [9.17, 15) is 17.6 Å². The molecule has 3 nitrogen and oxygen atoms in total. The number of ether oxygens (including phenoxy) is 1. The highest BCUT2D eigenvalue weighted by atomic mass is 29.3. The van der Waals surface area contributed by atoms with Crippen LogP contribution in [0.4, 0.5) is 17.6 Å². The summed E-state index contributed by atoms with van der Waals surface area (Å²) < 4.78 is 65.5. The van der Waals surface area contributed by atoms with Crippen molar-refractivity contribution in [3.8, 4) is 0 Å². The summed E-state index contributed by atoms with van der Waals surface area (Å²) in [6.07, 6.45) is -4.47. The van der Waals surface area contributed by atoms with Crippen molar-refractivity contribution in [1.29, 1.82) is 0 Å². The lowest BCUT2D eigenvalue weighted by atomic mass is 10.4. The Bertz CT molecular complexity index is 295. The predicted molar refractivity (Wildman–Crippen MR) is 87.4 cm³/mol. The minimum Gasteiger partial charge on any atom is -0.460 e. The molecule has 0 radical (unpaired) electrons. The van der Waals surface area contributed by atoms with Gasteiger partial charge in [-0.2, -0.15) is 13.2 Å². The van der Waals surface area contributed by atoms with Crippen LogP contribution >= 0.6 is 0 Å². The van der Waals surface area contributed by atoms with Gasteiger partial charge in [-0.3, -0.25) is 4.39 Å². The van der Waals surface area contributed by atoms with Crippen molar-refractivity contribution in [2.45, 2.75) is 50.7 Å². The highest BCUT2D eigenvalue weighted by Gasteiger charge is 2.40. The first kappa shape index (κ1) is 22.3. The quantitative estimate of drug-likeness (QED) is 0.295. The molecule has 0 spiro atoms. The van der Waals surface area contributed by atoms with Crippen molar-refractivity contribution in [3.63, 3.8) is 0 Å². The van der Waals surface area contributed by atoms with Crippen LogP contribution in [0.25, 0.3) is 0 Å². The molecule has 0 aromatic rings. The second-order valence-electron chi connectivity index (χ2n) is 5.75. The van der Waals surface area contributed by atoms with Gasteiger partial charge in [-0.25, -0.2) is 0 Å². The molecule has 0 amide bonds. The molecule has 2 unspecified atom stereocenters. The van der Waals surface area contributed by atoms with Gasteiger partial charge in [0.1, 0.15) is 0 Å². The Labute approximate surface area is 134 Å². The van der Waals surface area contributed by atoms with Crippen molar-refractivity contribution >= 4 is 25.4 Å². The lowest BCUT2D eigenvalue weighted by Gasteiger charge is -2.34. The van der Waals surface area contributed by atoms with E-state index >= 15 is 0 Å². The van der Waals surface area contributed by atoms with Gasteiger partial charge in [-0.1, -0.05) is 0 Å². The highest BCUT2D eigenvalue weighted by molar-refractivity contribution is 7.28. The van der Waals surface area contributed by atoms with E-state index in [1.54, 1.807) is 7.11 Å². The monoisotopic (exact) mass is 380 g/mol. The summed E-state index contributed by atoms with van der Waals surface area (Å²) in [6, 6.07) is 1.20. The fourth-order valence-corrected chi connectivity index (χ4v) is 18.5. The maximum atomic E-state index is 12.8.